The lowest BCUT2D eigenvalue weighted by Crippen LogP contribution is -3.28. The predicted molar refractivity (Wildman–Crippen MR) is 93.3 cm³/mol. The zero-order chi connectivity index (χ0) is 16.5. The molecule has 6 heteroatoms. The Labute approximate surface area is 147 Å². The van der Waals surface area contributed by atoms with Crippen molar-refractivity contribution >= 4 is 15.9 Å². The van der Waals surface area contributed by atoms with Gasteiger partial charge >= 0.3 is 0 Å². The van der Waals surface area contributed by atoms with Gasteiger partial charge in [0, 0.05) is 0 Å². The second-order valence-corrected chi connectivity index (χ2v) is 6.92. The van der Waals surface area contributed by atoms with Crippen LogP contribution in [0.3, 0.4) is 0 Å². The first-order valence-electron chi connectivity index (χ1n) is 8.49. The first-order chi connectivity index (χ1) is 11.2. The van der Waals surface area contributed by atoms with Crippen molar-refractivity contribution in [2.75, 3.05) is 59.1 Å². The molecule has 0 bridgehead atoms. The number of nitrogens with one attached hydrogen (secondary N) is 2. The number of benzene rings is 1. The summed E-state index contributed by atoms with van der Waals surface area (Å²) in [6, 6.07) is 7.75. The minimum absolute atomic E-state index is 0.382. The molecule has 0 aromatic heterocycles. The van der Waals surface area contributed by atoms with Crippen LogP contribution in [-0.4, -0.2) is 70.3 Å². The van der Waals surface area contributed by atoms with Crippen LogP contribution in [0.25, 0.3) is 0 Å². The largest absolute Gasteiger partial charge is 0.490 e. The number of hydrogen-bond acceptors (Lipinski definition) is 3. The maximum Gasteiger partial charge on any atom is 0.133 e. The molecule has 0 amide bonds. The third-order valence-electron chi connectivity index (χ3n) is 4.32. The lowest BCUT2D eigenvalue weighted by molar-refractivity contribution is -1.01. The van der Waals surface area contributed by atoms with Crippen molar-refractivity contribution in [1.29, 1.82) is 0 Å². The van der Waals surface area contributed by atoms with Crippen LogP contribution < -0.4 is 14.5 Å². The van der Waals surface area contributed by atoms with Crippen molar-refractivity contribution in [2.24, 2.45) is 0 Å². The summed E-state index contributed by atoms with van der Waals surface area (Å²) in [5.74, 6) is 0.817. The number of piperazine rings is 1. The first kappa shape index (κ1) is 18.7. The van der Waals surface area contributed by atoms with Gasteiger partial charge in [-0.2, -0.15) is 0 Å². The highest BCUT2D eigenvalue weighted by Crippen LogP contribution is 2.23. The van der Waals surface area contributed by atoms with E-state index in [-0.39, 0.29) is 0 Å². The standard InChI is InChI=1S/C17H27BrN2O3/c1-2-19-7-9-20(10-8-19)13-15(21)14-22-11-12-23-17-6-4-3-5-16(17)18/h3-6,15,21H,2,7-14H2,1H3/p+2/t15-/m0/s1. The predicted octanol–water partition coefficient (Wildman–Crippen LogP) is -0.991. The molecule has 0 unspecified atom stereocenters. The van der Waals surface area contributed by atoms with E-state index in [1.54, 1.807) is 4.90 Å². The van der Waals surface area contributed by atoms with Crippen LogP contribution in [0.2, 0.25) is 0 Å². The Bertz CT molecular complexity index is 453. The second kappa shape index (κ2) is 10.3. The van der Waals surface area contributed by atoms with Gasteiger partial charge in [0.25, 0.3) is 0 Å². The lowest BCUT2D eigenvalue weighted by Gasteiger charge is -2.30. The number of likely N-dealkylation sites (N-methyl/N-ethyl adjacent to an activating group) is 1. The summed E-state index contributed by atoms with van der Waals surface area (Å²) in [5.41, 5.74) is 0. The number of aliphatic hydroxyl groups is 1. The number of aliphatic hydroxyl groups excluding tert-OH is 1. The molecular formula is C17H29BrN2O3+2. The monoisotopic (exact) mass is 388 g/mol. The van der Waals surface area contributed by atoms with E-state index in [0.717, 1.165) is 29.9 Å². The molecule has 0 spiro atoms. The Balaban J connectivity index is 1.53. The zero-order valence-corrected chi connectivity index (χ0v) is 15.5. The Morgan fingerprint density at radius 3 is 2.52 bits per heavy atom. The summed E-state index contributed by atoms with van der Waals surface area (Å²) in [7, 11) is 0. The first-order valence-corrected chi connectivity index (χ1v) is 9.28. The van der Waals surface area contributed by atoms with Crippen LogP contribution in [0, 0.1) is 0 Å². The molecular weight excluding hydrogens is 360 g/mol. The van der Waals surface area contributed by atoms with Crippen molar-refractivity contribution in [2.45, 2.75) is 13.0 Å². The molecule has 0 saturated carbocycles. The molecule has 1 heterocycles. The molecule has 1 aliphatic heterocycles. The topological polar surface area (TPSA) is 47.6 Å². The van der Waals surface area contributed by atoms with E-state index in [1.807, 2.05) is 24.3 Å². The lowest BCUT2D eigenvalue weighted by atomic mass is 10.2. The minimum Gasteiger partial charge on any atom is -0.490 e. The number of para-hydroxylation sites is 1. The molecule has 1 saturated heterocycles. The maximum atomic E-state index is 10.1. The number of hydrogen-bond donors (Lipinski definition) is 3. The molecule has 0 radical (unpaired) electrons. The molecule has 1 aliphatic rings. The SMILES string of the molecule is CC[NH+]1CC[NH+](C[C@H](O)COCCOc2ccccc2Br)CC1. The van der Waals surface area contributed by atoms with Crippen molar-refractivity contribution in [3.63, 3.8) is 0 Å². The van der Waals surface area contributed by atoms with Crippen LogP contribution in [0.5, 0.6) is 5.75 Å². The fourth-order valence-corrected chi connectivity index (χ4v) is 3.30. The van der Waals surface area contributed by atoms with Crippen molar-refractivity contribution < 1.29 is 24.4 Å². The fourth-order valence-electron chi connectivity index (χ4n) is 2.90. The number of rotatable bonds is 9. The zero-order valence-electron chi connectivity index (χ0n) is 13.9. The quantitative estimate of drug-likeness (QED) is 0.476. The van der Waals surface area contributed by atoms with E-state index < -0.39 is 6.10 Å². The van der Waals surface area contributed by atoms with Crippen LogP contribution >= 0.6 is 15.9 Å². The van der Waals surface area contributed by atoms with Gasteiger partial charge in [-0.3, -0.25) is 0 Å². The second-order valence-electron chi connectivity index (χ2n) is 6.07. The van der Waals surface area contributed by atoms with Gasteiger partial charge in [0.15, 0.2) is 0 Å². The van der Waals surface area contributed by atoms with Crippen molar-refractivity contribution in [1.82, 2.24) is 0 Å². The summed E-state index contributed by atoms with van der Waals surface area (Å²) in [4.78, 5) is 3.16. The minimum atomic E-state index is -0.392. The van der Waals surface area contributed by atoms with Crippen molar-refractivity contribution in [3.8, 4) is 5.75 Å². The summed E-state index contributed by atoms with van der Waals surface area (Å²) in [6.45, 7) is 10.3. The third kappa shape index (κ3) is 6.77. The van der Waals surface area contributed by atoms with E-state index in [0.29, 0.717) is 19.8 Å². The van der Waals surface area contributed by atoms with Crippen LogP contribution in [0.1, 0.15) is 6.92 Å². The number of halogens is 1. The molecule has 23 heavy (non-hydrogen) atoms. The Kier molecular flexibility index (Phi) is 8.33. The molecule has 1 aromatic carbocycles. The van der Waals surface area contributed by atoms with Gasteiger partial charge in [-0.15, -0.1) is 0 Å². The molecule has 1 atom stereocenters. The van der Waals surface area contributed by atoms with E-state index >= 15 is 0 Å². The average Bonchev–Trinajstić information content (AvgIpc) is 2.57. The van der Waals surface area contributed by atoms with E-state index in [1.165, 1.54) is 24.5 Å². The Hall–Kier alpha value is -0.660. The van der Waals surface area contributed by atoms with E-state index in [4.69, 9.17) is 9.47 Å². The van der Waals surface area contributed by atoms with Gasteiger partial charge in [-0.1, -0.05) is 12.1 Å². The van der Waals surface area contributed by atoms with Gasteiger partial charge in [0.2, 0.25) is 0 Å². The maximum absolute atomic E-state index is 10.1. The van der Waals surface area contributed by atoms with Crippen molar-refractivity contribution in [3.05, 3.63) is 28.7 Å². The van der Waals surface area contributed by atoms with Gasteiger partial charge < -0.3 is 24.4 Å². The normalized spacial score (nSPS) is 22.7. The summed E-state index contributed by atoms with van der Waals surface area (Å²) < 4.78 is 12.1. The van der Waals surface area contributed by atoms with E-state index in [2.05, 4.69) is 22.9 Å². The molecule has 1 fully saturated rings. The molecule has 5 nitrogen and oxygen atoms in total. The molecule has 2 rings (SSSR count). The average molecular weight is 389 g/mol. The molecule has 3 N–H and O–H groups in total. The molecule has 1 aromatic rings. The number of ether oxygens (including phenoxy) is 2. The molecule has 130 valence electrons. The van der Waals surface area contributed by atoms with Crippen LogP contribution in [0.15, 0.2) is 28.7 Å². The van der Waals surface area contributed by atoms with Gasteiger partial charge in [-0.25, -0.2) is 0 Å². The number of quaternary nitrogens is 2. The van der Waals surface area contributed by atoms with Gasteiger partial charge in [0.1, 0.15) is 51.2 Å². The Morgan fingerprint density at radius 1 is 1.13 bits per heavy atom. The third-order valence-corrected chi connectivity index (χ3v) is 4.98. The van der Waals surface area contributed by atoms with Gasteiger partial charge in [0.05, 0.1) is 24.2 Å². The van der Waals surface area contributed by atoms with E-state index in [9.17, 15) is 5.11 Å². The summed E-state index contributed by atoms with van der Waals surface area (Å²) in [5, 5.41) is 10.1. The highest BCUT2D eigenvalue weighted by molar-refractivity contribution is 9.10. The van der Waals surface area contributed by atoms with Crippen LogP contribution in [0.4, 0.5) is 0 Å². The molecule has 0 aliphatic carbocycles. The van der Waals surface area contributed by atoms with Crippen LogP contribution in [-0.2, 0) is 4.74 Å². The Morgan fingerprint density at radius 2 is 1.83 bits per heavy atom. The highest BCUT2D eigenvalue weighted by Gasteiger charge is 2.23. The summed E-state index contributed by atoms with van der Waals surface area (Å²) >= 11 is 3.44. The summed E-state index contributed by atoms with van der Waals surface area (Å²) in [6.07, 6.45) is -0.392. The highest BCUT2D eigenvalue weighted by atomic mass is 79.9. The van der Waals surface area contributed by atoms with Gasteiger partial charge in [-0.05, 0) is 35.0 Å². The fraction of sp³-hybridized carbons (Fsp3) is 0.647. The smallest absolute Gasteiger partial charge is 0.133 e.